The molecular formula is C16H26N4O2. The quantitative estimate of drug-likeness (QED) is 0.905. The monoisotopic (exact) mass is 306 g/mol. The van der Waals surface area contributed by atoms with Crippen LogP contribution in [0.3, 0.4) is 0 Å². The highest BCUT2D eigenvalue weighted by atomic mass is 16.6. The Bertz CT molecular complexity index is 523. The molecule has 1 aromatic rings. The molecule has 1 saturated carbocycles. The zero-order valence-electron chi connectivity index (χ0n) is 14.1. The number of nitrogens with zero attached hydrogens (tertiary/aromatic N) is 3. The van der Waals surface area contributed by atoms with E-state index in [9.17, 15) is 4.79 Å². The zero-order chi connectivity index (χ0) is 16.3. The van der Waals surface area contributed by atoms with Crippen LogP contribution in [0.5, 0.6) is 0 Å². The summed E-state index contributed by atoms with van der Waals surface area (Å²) in [4.78, 5) is 22.6. The Morgan fingerprint density at radius 2 is 2.18 bits per heavy atom. The molecule has 0 bridgehead atoms. The van der Waals surface area contributed by atoms with E-state index in [4.69, 9.17) is 4.74 Å². The third kappa shape index (κ3) is 4.86. The van der Waals surface area contributed by atoms with E-state index in [1.165, 1.54) is 12.8 Å². The third-order valence-corrected chi connectivity index (χ3v) is 3.64. The molecule has 6 heteroatoms. The summed E-state index contributed by atoms with van der Waals surface area (Å²) in [6, 6.07) is 2.12. The summed E-state index contributed by atoms with van der Waals surface area (Å²) < 4.78 is 5.30. The second-order valence-corrected chi connectivity index (χ2v) is 6.86. The summed E-state index contributed by atoms with van der Waals surface area (Å²) >= 11 is 0. The minimum absolute atomic E-state index is 0.224. The van der Waals surface area contributed by atoms with Gasteiger partial charge in [0.05, 0.1) is 6.04 Å². The lowest BCUT2D eigenvalue weighted by Gasteiger charge is -2.30. The van der Waals surface area contributed by atoms with Crippen LogP contribution in [-0.2, 0) is 4.74 Å². The fourth-order valence-electron chi connectivity index (χ4n) is 2.41. The first-order chi connectivity index (χ1) is 10.3. The maximum absolute atomic E-state index is 11.8. The molecule has 6 nitrogen and oxygen atoms in total. The van der Waals surface area contributed by atoms with Gasteiger partial charge in [-0.1, -0.05) is 0 Å². The summed E-state index contributed by atoms with van der Waals surface area (Å²) in [5.41, 5.74) is -0.477. The first-order valence-corrected chi connectivity index (χ1v) is 7.75. The minimum Gasteiger partial charge on any atom is -0.444 e. The number of alkyl carbamates (subject to hydrolysis) is 1. The summed E-state index contributed by atoms with van der Waals surface area (Å²) in [5.74, 6) is 2.23. The number of carbonyl (C=O) groups excluding carboxylic acids is 1. The summed E-state index contributed by atoms with van der Waals surface area (Å²) in [6.45, 7) is 8.02. The summed E-state index contributed by atoms with van der Waals surface area (Å²) in [5, 5.41) is 2.88. The SMILES string of the molecule is Cc1nccc(N(C)C(CNC(=O)OC(C)(C)C)C2CC2)n1. The Balaban J connectivity index is 1.97. The maximum Gasteiger partial charge on any atom is 0.407 e. The molecule has 1 atom stereocenters. The van der Waals surface area contributed by atoms with Gasteiger partial charge in [0, 0.05) is 19.8 Å². The predicted octanol–water partition coefficient (Wildman–Crippen LogP) is 2.52. The van der Waals surface area contributed by atoms with Crippen LogP contribution in [0.25, 0.3) is 0 Å². The van der Waals surface area contributed by atoms with Gasteiger partial charge in [0.1, 0.15) is 17.2 Å². The van der Waals surface area contributed by atoms with Crippen molar-refractivity contribution in [3.05, 3.63) is 18.1 Å². The smallest absolute Gasteiger partial charge is 0.407 e. The molecule has 22 heavy (non-hydrogen) atoms. The van der Waals surface area contributed by atoms with Gasteiger partial charge >= 0.3 is 6.09 Å². The number of anilines is 1. The van der Waals surface area contributed by atoms with Crippen LogP contribution in [0.4, 0.5) is 10.6 Å². The molecule has 1 N–H and O–H groups in total. The highest BCUT2D eigenvalue weighted by Crippen LogP contribution is 2.35. The standard InChI is InChI=1S/C16H26N4O2/c1-11-17-9-8-14(19-11)20(5)13(12-6-7-12)10-18-15(21)22-16(2,3)4/h8-9,12-13H,6-7,10H2,1-5H3,(H,18,21). The van der Waals surface area contributed by atoms with E-state index in [0.29, 0.717) is 12.5 Å². The number of ether oxygens (including phenoxy) is 1. The molecule has 1 aromatic heterocycles. The minimum atomic E-state index is -0.477. The lowest BCUT2D eigenvalue weighted by molar-refractivity contribution is 0.0523. The average molecular weight is 306 g/mol. The number of aryl methyl sites for hydroxylation is 1. The van der Waals surface area contributed by atoms with Crippen LogP contribution in [0, 0.1) is 12.8 Å². The van der Waals surface area contributed by atoms with E-state index in [1.807, 2.05) is 40.8 Å². The Kier molecular flexibility index (Phi) is 4.88. The van der Waals surface area contributed by atoms with Crippen LogP contribution >= 0.6 is 0 Å². The van der Waals surface area contributed by atoms with E-state index >= 15 is 0 Å². The van der Waals surface area contributed by atoms with Gasteiger partial charge in [-0.05, 0) is 52.5 Å². The Morgan fingerprint density at radius 1 is 1.50 bits per heavy atom. The summed E-state index contributed by atoms with van der Waals surface area (Å²) in [6.07, 6.45) is 3.77. The van der Waals surface area contributed by atoms with Gasteiger partial charge in [0.2, 0.25) is 0 Å². The number of amides is 1. The van der Waals surface area contributed by atoms with E-state index < -0.39 is 5.60 Å². The highest BCUT2D eigenvalue weighted by Gasteiger charge is 2.35. The molecule has 1 heterocycles. The highest BCUT2D eigenvalue weighted by molar-refractivity contribution is 5.67. The number of hydrogen-bond acceptors (Lipinski definition) is 5. The molecule has 122 valence electrons. The van der Waals surface area contributed by atoms with E-state index in [1.54, 1.807) is 6.20 Å². The van der Waals surface area contributed by atoms with E-state index in [0.717, 1.165) is 11.6 Å². The summed E-state index contributed by atoms with van der Waals surface area (Å²) in [7, 11) is 2.02. The fraction of sp³-hybridized carbons (Fsp3) is 0.688. The fourth-order valence-corrected chi connectivity index (χ4v) is 2.41. The lowest BCUT2D eigenvalue weighted by atomic mass is 10.1. The molecule has 1 aliphatic rings. The number of hydrogen-bond donors (Lipinski definition) is 1. The molecule has 0 saturated heterocycles. The van der Waals surface area contributed by atoms with Crippen LogP contribution < -0.4 is 10.2 Å². The first-order valence-electron chi connectivity index (χ1n) is 7.75. The van der Waals surface area contributed by atoms with Gasteiger partial charge in [-0.25, -0.2) is 14.8 Å². The van der Waals surface area contributed by atoms with Crippen molar-refractivity contribution in [1.82, 2.24) is 15.3 Å². The normalized spacial score (nSPS) is 16.0. The van der Waals surface area contributed by atoms with Gasteiger partial charge in [-0.15, -0.1) is 0 Å². The van der Waals surface area contributed by atoms with Crippen molar-refractivity contribution >= 4 is 11.9 Å². The number of nitrogens with one attached hydrogen (secondary N) is 1. The number of likely N-dealkylation sites (N-methyl/N-ethyl adjacent to an activating group) is 1. The first kappa shape index (κ1) is 16.5. The Labute approximate surface area is 132 Å². The molecule has 1 unspecified atom stereocenters. The third-order valence-electron chi connectivity index (χ3n) is 3.64. The Hall–Kier alpha value is -1.85. The lowest BCUT2D eigenvalue weighted by Crippen LogP contribution is -2.45. The molecule has 2 rings (SSSR count). The largest absolute Gasteiger partial charge is 0.444 e. The molecule has 1 aliphatic carbocycles. The van der Waals surface area contributed by atoms with Crippen LogP contribution in [0.15, 0.2) is 12.3 Å². The maximum atomic E-state index is 11.8. The van der Waals surface area contributed by atoms with Gasteiger partial charge in [-0.2, -0.15) is 0 Å². The van der Waals surface area contributed by atoms with Crippen molar-refractivity contribution in [2.75, 3.05) is 18.5 Å². The van der Waals surface area contributed by atoms with Crippen molar-refractivity contribution in [2.45, 2.75) is 52.2 Å². The van der Waals surface area contributed by atoms with Crippen molar-refractivity contribution in [1.29, 1.82) is 0 Å². The average Bonchev–Trinajstić information content (AvgIpc) is 3.21. The molecule has 0 spiro atoms. The van der Waals surface area contributed by atoms with Crippen LogP contribution in [0.1, 0.15) is 39.4 Å². The molecule has 1 fully saturated rings. The van der Waals surface area contributed by atoms with Gasteiger partial charge < -0.3 is 15.0 Å². The molecule has 0 radical (unpaired) electrons. The van der Waals surface area contributed by atoms with Gasteiger partial charge in [-0.3, -0.25) is 0 Å². The molecule has 1 amide bonds. The zero-order valence-corrected chi connectivity index (χ0v) is 14.1. The number of carbonyl (C=O) groups is 1. The van der Waals surface area contributed by atoms with E-state index in [-0.39, 0.29) is 12.1 Å². The molecule has 0 aromatic carbocycles. The topological polar surface area (TPSA) is 67.4 Å². The van der Waals surface area contributed by atoms with Crippen LogP contribution in [-0.4, -0.2) is 41.3 Å². The molecular weight excluding hydrogens is 280 g/mol. The Morgan fingerprint density at radius 3 is 2.73 bits per heavy atom. The predicted molar refractivity (Wildman–Crippen MR) is 85.9 cm³/mol. The number of aromatic nitrogens is 2. The number of rotatable bonds is 5. The second-order valence-electron chi connectivity index (χ2n) is 6.86. The van der Waals surface area contributed by atoms with Gasteiger partial charge in [0.25, 0.3) is 0 Å². The molecule has 0 aliphatic heterocycles. The van der Waals surface area contributed by atoms with Crippen molar-refractivity contribution < 1.29 is 9.53 Å². The van der Waals surface area contributed by atoms with Crippen LogP contribution in [0.2, 0.25) is 0 Å². The van der Waals surface area contributed by atoms with Crippen molar-refractivity contribution in [2.24, 2.45) is 5.92 Å². The van der Waals surface area contributed by atoms with Crippen molar-refractivity contribution in [3.63, 3.8) is 0 Å². The van der Waals surface area contributed by atoms with Gasteiger partial charge in [0.15, 0.2) is 0 Å². The van der Waals surface area contributed by atoms with Crippen molar-refractivity contribution in [3.8, 4) is 0 Å². The van der Waals surface area contributed by atoms with E-state index in [2.05, 4.69) is 20.2 Å². The second kappa shape index (κ2) is 6.50.